The zero-order valence-corrected chi connectivity index (χ0v) is 11.0. The second-order valence-electron chi connectivity index (χ2n) is 3.97. The van der Waals surface area contributed by atoms with Crippen LogP contribution in [0.25, 0.3) is 0 Å². The first-order chi connectivity index (χ1) is 8.24. The maximum absolute atomic E-state index is 11.6. The van der Waals surface area contributed by atoms with Crippen LogP contribution in [0, 0.1) is 0 Å². The maximum Gasteiger partial charge on any atom is 0.324 e. The Hall–Kier alpha value is -1.36. The van der Waals surface area contributed by atoms with Crippen LogP contribution in [0.3, 0.4) is 0 Å². The van der Waals surface area contributed by atoms with E-state index in [9.17, 15) is 4.79 Å². The number of allylic oxidation sites excluding steroid dienone is 1. The van der Waals surface area contributed by atoms with Gasteiger partial charge >= 0.3 is 6.03 Å². The molecular weight excluding hydrogens is 282 g/mol. The molecule has 1 aliphatic rings. The van der Waals surface area contributed by atoms with E-state index in [1.807, 2.05) is 6.07 Å². The minimum absolute atomic E-state index is 0.255. The first kappa shape index (κ1) is 12.1. The van der Waals surface area contributed by atoms with Crippen molar-refractivity contribution in [1.29, 1.82) is 0 Å². The predicted octanol–water partition coefficient (Wildman–Crippen LogP) is 3.42. The number of hydrogen-bond donors (Lipinski definition) is 2. The summed E-state index contributed by atoms with van der Waals surface area (Å²) in [5.74, 6) is 0.529. The first-order valence-corrected chi connectivity index (χ1v) is 6.40. The molecule has 1 aromatic heterocycles. The number of carbonyl (C=O) groups excluding carboxylic acids is 1. The van der Waals surface area contributed by atoms with Crippen molar-refractivity contribution in [2.45, 2.75) is 25.7 Å². The Balaban J connectivity index is 1.86. The summed E-state index contributed by atoms with van der Waals surface area (Å²) < 4.78 is 0.886. The molecule has 1 fully saturated rings. The van der Waals surface area contributed by atoms with Gasteiger partial charge in [-0.15, -0.1) is 0 Å². The lowest BCUT2D eigenvalue weighted by molar-refractivity contribution is 0.255. The molecule has 1 saturated carbocycles. The van der Waals surface area contributed by atoms with Crippen molar-refractivity contribution in [2.75, 3.05) is 5.32 Å². The molecule has 0 radical (unpaired) electrons. The Bertz CT molecular complexity index is 437. The zero-order chi connectivity index (χ0) is 12.1. The average molecular weight is 296 g/mol. The Labute approximate surface area is 109 Å². The van der Waals surface area contributed by atoms with Gasteiger partial charge in [0, 0.05) is 16.9 Å². The van der Waals surface area contributed by atoms with Gasteiger partial charge in [0.25, 0.3) is 0 Å². The molecule has 2 amide bonds. The van der Waals surface area contributed by atoms with E-state index >= 15 is 0 Å². The Morgan fingerprint density at radius 1 is 1.41 bits per heavy atom. The van der Waals surface area contributed by atoms with Gasteiger partial charge in [0.05, 0.1) is 0 Å². The van der Waals surface area contributed by atoms with Crippen LogP contribution >= 0.6 is 15.9 Å². The van der Waals surface area contributed by atoms with E-state index in [1.165, 1.54) is 18.4 Å². The number of carbonyl (C=O) groups is 1. The van der Waals surface area contributed by atoms with Crippen LogP contribution in [0.5, 0.6) is 0 Å². The van der Waals surface area contributed by atoms with E-state index in [1.54, 1.807) is 18.5 Å². The van der Waals surface area contributed by atoms with E-state index in [-0.39, 0.29) is 6.03 Å². The molecule has 2 N–H and O–H groups in total. The Morgan fingerprint density at radius 3 is 2.88 bits per heavy atom. The normalized spacial score (nSPS) is 14.5. The number of pyridine rings is 1. The van der Waals surface area contributed by atoms with Crippen molar-refractivity contribution >= 4 is 27.8 Å². The van der Waals surface area contributed by atoms with Crippen LogP contribution in [-0.4, -0.2) is 11.0 Å². The SMILES string of the molecule is O=C(NC=C1CCCC1)Nc1cc(Br)ccn1. The number of aromatic nitrogens is 1. The summed E-state index contributed by atoms with van der Waals surface area (Å²) in [6.45, 7) is 0. The van der Waals surface area contributed by atoms with E-state index in [0.717, 1.165) is 17.3 Å². The summed E-state index contributed by atoms with van der Waals surface area (Å²) in [6.07, 6.45) is 8.07. The monoisotopic (exact) mass is 295 g/mol. The van der Waals surface area contributed by atoms with Crippen LogP contribution in [-0.2, 0) is 0 Å². The third-order valence-electron chi connectivity index (χ3n) is 2.62. The van der Waals surface area contributed by atoms with Crippen LogP contribution in [0.15, 0.2) is 34.6 Å². The number of rotatable bonds is 2. The number of amides is 2. The summed E-state index contributed by atoms with van der Waals surface area (Å²) >= 11 is 3.32. The summed E-state index contributed by atoms with van der Waals surface area (Å²) in [7, 11) is 0. The number of anilines is 1. The van der Waals surface area contributed by atoms with Gasteiger partial charge in [-0.1, -0.05) is 21.5 Å². The molecular formula is C12H14BrN3O. The summed E-state index contributed by atoms with van der Waals surface area (Å²) in [5, 5.41) is 5.40. The molecule has 90 valence electrons. The second-order valence-corrected chi connectivity index (χ2v) is 4.88. The van der Waals surface area contributed by atoms with Gasteiger partial charge in [-0.2, -0.15) is 0 Å². The quantitative estimate of drug-likeness (QED) is 0.878. The Morgan fingerprint density at radius 2 is 2.18 bits per heavy atom. The molecule has 4 nitrogen and oxygen atoms in total. The minimum atomic E-state index is -0.255. The highest BCUT2D eigenvalue weighted by atomic mass is 79.9. The molecule has 0 saturated heterocycles. The van der Waals surface area contributed by atoms with Gasteiger partial charge in [-0.05, 0) is 37.8 Å². The largest absolute Gasteiger partial charge is 0.324 e. The molecule has 0 aliphatic heterocycles. The van der Waals surface area contributed by atoms with Crippen molar-refractivity contribution < 1.29 is 4.79 Å². The topological polar surface area (TPSA) is 54.0 Å². The van der Waals surface area contributed by atoms with Crippen molar-refractivity contribution in [1.82, 2.24) is 10.3 Å². The lowest BCUT2D eigenvalue weighted by Crippen LogP contribution is -2.24. The molecule has 0 bridgehead atoms. The third kappa shape index (κ3) is 3.85. The molecule has 0 unspecified atom stereocenters. The fourth-order valence-corrected chi connectivity index (χ4v) is 2.10. The van der Waals surface area contributed by atoms with Gasteiger partial charge in [0.2, 0.25) is 0 Å². The molecule has 1 heterocycles. The number of urea groups is 1. The highest BCUT2D eigenvalue weighted by Gasteiger charge is 2.07. The molecule has 5 heteroatoms. The molecule has 0 spiro atoms. The average Bonchev–Trinajstić information content (AvgIpc) is 2.79. The summed E-state index contributed by atoms with van der Waals surface area (Å²) in [4.78, 5) is 15.6. The molecule has 17 heavy (non-hydrogen) atoms. The lowest BCUT2D eigenvalue weighted by Gasteiger charge is -2.04. The molecule has 1 aliphatic carbocycles. The van der Waals surface area contributed by atoms with Gasteiger partial charge in [-0.3, -0.25) is 5.32 Å². The fourth-order valence-electron chi connectivity index (χ4n) is 1.77. The van der Waals surface area contributed by atoms with Crippen molar-refractivity contribution in [3.05, 3.63) is 34.6 Å². The van der Waals surface area contributed by atoms with Crippen LogP contribution < -0.4 is 10.6 Å². The van der Waals surface area contributed by atoms with Crippen molar-refractivity contribution in [3.8, 4) is 0 Å². The predicted molar refractivity (Wildman–Crippen MR) is 70.6 cm³/mol. The van der Waals surface area contributed by atoms with E-state index < -0.39 is 0 Å². The maximum atomic E-state index is 11.6. The molecule has 0 atom stereocenters. The molecule has 1 aromatic rings. The summed E-state index contributed by atoms with van der Waals surface area (Å²) in [6, 6.07) is 3.31. The molecule has 2 rings (SSSR count). The Kier molecular flexibility index (Phi) is 4.14. The zero-order valence-electron chi connectivity index (χ0n) is 9.37. The van der Waals surface area contributed by atoms with E-state index in [2.05, 4.69) is 31.5 Å². The number of hydrogen-bond acceptors (Lipinski definition) is 2. The smallest absolute Gasteiger partial charge is 0.314 e. The van der Waals surface area contributed by atoms with Crippen molar-refractivity contribution in [3.63, 3.8) is 0 Å². The van der Waals surface area contributed by atoms with Crippen LogP contribution in [0.2, 0.25) is 0 Å². The van der Waals surface area contributed by atoms with Crippen LogP contribution in [0.4, 0.5) is 10.6 Å². The van der Waals surface area contributed by atoms with E-state index in [0.29, 0.717) is 5.82 Å². The third-order valence-corrected chi connectivity index (χ3v) is 3.11. The first-order valence-electron chi connectivity index (χ1n) is 5.61. The number of nitrogens with one attached hydrogen (secondary N) is 2. The standard InChI is InChI=1S/C12H14BrN3O/c13-10-5-6-14-11(7-10)16-12(17)15-8-9-3-1-2-4-9/h5-8H,1-4H2,(H2,14,15,16,17). The highest BCUT2D eigenvalue weighted by molar-refractivity contribution is 9.10. The van der Waals surface area contributed by atoms with Crippen molar-refractivity contribution in [2.24, 2.45) is 0 Å². The summed E-state index contributed by atoms with van der Waals surface area (Å²) in [5.41, 5.74) is 1.31. The van der Waals surface area contributed by atoms with Gasteiger partial charge < -0.3 is 5.32 Å². The lowest BCUT2D eigenvalue weighted by atomic mass is 10.2. The van der Waals surface area contributed by atoms with Crippen LogP contribution in [0.1, 0.15) is 25.7 Å². The van der Waals surface area contributed by atoms with Gasteiger partial charge in [0.15, 0.2) is 0 Å². The second kappa shape index (κ2) is 5.82. The van der Waals surface area contributed by atoms with Gasteiger partial charge in [-0.25, -0.2) is 9.78 Å². The molecule has 0 aromatic carbocycles. The highest BCUT2D eigenvalue weighted by Crippen LogP contribution is 2.22. The minimum Gasteiger partial charge on any atom is -0.314 e. The number of halogens is 1. The number of nitrogens with zero attached hydrogens (tertiary/aromatic N) is 1. The van der Waals surface area contributed by atoms with E-state index in [4.69, 9.17) is 0 Å². The fraction of sp³-hybridized carbons (Fsp3) is 0.333. The van der Waals surface area contributed by atoms with Gasteiger partial charge in [0.1, 0.15) is 5.82 Å².